The third-order valence-corrected chi connectivity index (χ3v) is 5.24. The largest absolute Gasteiger partial charge is 0.338 e. The number of likely N-dealkylation sites (N-methyl/N-ethyl adjacent to an activating group) is 1. The Balaban J connectivity index is 1.69. The van der Waals surface area contributed by atoms with Crippen LogP contribution in [0.4, 0.5) is 0 Å². The Morgan fingerprint density at radius 3 is 2.52 bits per heavy atom. The smallest absolute Gasteiger partial charge is 0.253 e. The van der Waals surface area contributed by atoms with Crippen molar-refractivity contribution in [1.29, 1.82) is 0 Å². The summed E-state index contributed by atoms with van der Waals surface area (Å²) in [6, 6.07) is 12.6. The minimum Gasteiger partial charge on any atom is -0.338 e. The molecule has 0 aliphatic carbocycles. The molecule has 1 aliphatic heterocycles. The quantitative estimate of drug-likeness (QED) is 0.851. The van der Waals surface area contributed by atoms with Gasteiger partial charge >= 0.3 is 0 Å². The number of aromatic nitrogens is 1. The number of amides is 1. The standard InChI is InChI=1S/C22H29N3O2/c1-2-25(16-15-24-13-5-3-4-6-14-24)22(27)19-10-7-9-18(17-19)20-11-8-12-21(26)23-20/h7-12,17H,2-6,13-16H2,1H3,(H,23,26). The van der Waals surface area contributed by atoms with Crippen LogP contribution in [0.5, 0.6) is 0 Å². The lowest BCUT2D eigenvalue weighted by atomic mass is 10.1. The lowest BCUT2D eigenvalue weighted by molar-refractivity contribution is 0.0745. The van der Waals surface area contributed by atoms with Crippen molar-refractivity contribution in [1.82, 2.24) is 14.8 Å². The number of carbonyl (C=O) groups excluding carboxylic acids is 1. The molecule has 1 saturated heterocycles. The van der Waals surface area contributed by atoms with E-state index in [4.69, 9.17) is 0 Å². The number of rotatable bonds is 6. The first-order valence-electron chi connectivity index (χ1n) is 9.99. The molecule has 1 aromatic heterocycles. The van der Waals surface area contributed by atoms with Gasteiger partial charge in [-0.15, -0.1) is 0 Å². The van der Waals surface area contributed by atoms with Crippen LogP contribution >= 0.6 is 0 Å². The van der Waals surface area contributed by atoms with Gasteiger partial charge in [-0.25, -0.2) is 0 Å². The van der Waals surface area contributed by atoms with Crippen LogP contribution in [-0.2, 0) is 0 Å². The maximum Gasteiger partial charge on any atom is 0.253 e. The van der Waals surface area contributed by atoms with Crippen molar-refractivity contribution in [3.8, 4) is 11.3 Å². The first kappa shape index (κ1) is 19.4. The van der Waals surface area contributed by atoms with E-state index in [2.05, 4.69) is 9.88 Å². The number of H-pyrrole nitrogens is 1. The molecular weight excluding hydrogens is 338 g/mol. The van der Waals surface area contributed by atoms with E-state index in [-0.39, 0.29) is 11.5 Å². The van der Waals surface area contributed by atoms with Crippen molar-refractivity contribution >= 4 is 5.91 Å². The molecule has 2 aromatic rings. The minimum atomic E-state index is -0.142. The second kappa shape index (κ2) is 9.51. The normalized spacial score (nSPS) is 15.3. The van der Waals surface area contributed by atoms with Gasteiger partial charge in [0.25, 0.3) is 5.91 Å². The summed E-state index contributed by atoms with van der Waals surface area (Å²) in [4.78, 5) is 31.8. The fraction of sp³-hybridized carbons (Fsp3) is 0.455. The van der Waals surface area contributed by atoms with Gasteiger partial charge in [-0.1, -0.05) is 31.0 Å². The van der Waals surface area contributed by atoms with Crippen LogP contribution in [0.15, 0.2) is 47.3 Å². The molecule has 27 heavy (non-hydrogen) atoms. The van der Waals surface area contributed by atoms with Crippen LogP contribution in [0.1, 0.15) is 43.0 Å². The predicted molar refractivity (Wildman–Crippen MR) is 109 cm³/mol. The zero-order valence-corrected chi connectivity index (χ0v) is 16.1. The third-order valence-electron chi connectivity index (χ3n) is 5.24. The van der Waals surface area contributed by atoms with Crippen molar-refractivity contribution in [3.63, 3.8) is 0 Å². The second-order valence-electron chi connectivity index (χ2n) is 7.15. The fourth-order valence-corrected chi connectivity index (χ4v) is 3.64. The lowest BCUT2D eigenvalue weighted by Crippen LogP contribution is -2.39. The van der Waals surface area contributed by atoms with Crippen LogP contribution in [-0.4, -0.2) is 53.4 Å². The number of nitrogens with one attached hydrogen (secondary N) is 1. The summed E-state index contributed by atoms with van der Waals surface area (Å²) in [5, 5.41) is 0. The van der Waals surface area contributed by atoms with Crippen LogP contribution in [0.2, 0.25) is 0 Å². The molecule has 5 nitrogen and oxygen atoms in total. The molecule has 2 heterocycles. The summed E-state index contributed by atoms with van der Waals surface area (Å²) in [6.07, 6.45) is 5.16. The number of likely N-dealkylation sites (tertiary alicyclic amines) is 1. The van der Waals surface area contributed by atoms with Crippen LogP contribution in [0, 0.1) is 0 Å². The van der Waals surface area contributed by atoms with Crippen molar-refractivity contribution < 1.29 is 4.79 Å². The molecule has 0 spiro atoms. The van der Waals surface area contributed by atoms with E-state index in [0.29, 0.717) is 12.1 Å². The van der Waals surface area contributed by atoms with E-state index in [0.717, 1.165) is 37.4 Å². The molecule has 0 saturated carbocycles. The highest BCUT2D eigenvalue weighted by atomic mass is 16.2. The molecule has 1 aliphatic rings. The maximum absolute atomic E-state index is 13.0. The Morgan fingerprint density at radius 2 is 1.81 bits per heavy atom. The third kappa shape index (κ3) is 5.30. The van der Waals surface area contributed by atoms with E-state index in [1.54, 1.807) is 6.07 Å². The number of hydrogen-bond donors (Lipinski definition) is 1. The molecule has 1 amide bonds. The number of carbonyl (C=O) groups is 1. The van der Waals surface area contributed by atoms with Crippen molar-refractivity contribution in [2.24, 2.45) is 0 Å². The highest BCUT2D eigenvalue weighted by molar-refractivity contribution is 5.95. The summed E-state index contributed by atoms with van der Waals surface area (Å²) in [5.74, 6) is 0.0486. The van der Waals surface area contributed by atoms with Gasteiger partial charge in [0.1, 0.15) is 0 Å². The summed E-state index contributed by atoms with van der Waals surface area (Å²) >= 11 is 0. The van der Waals surface area contributed by atoms with Gasteiger partial charge < -0.3 is 14.8 Å². The molecule has 5 heteroatoms. The topological polar surface area (TPSA) is 56.4 Å². The van der Waals surface area contributed by atoms with Gasteiger partial charge in [0.2, 0.25) is 5.56 Å². The van der Waals surface area contributed by atoms with Crippen LogP contribution in [0.3, 0.4) is 0 Å². The highest BCUT2D eigenvalue weighted by Crippen LogP contribution is 2.18. The van der Waals surface area contributed by atoms with Crippen molar-refractivity contribution in [2.45, 2.75) is 32.6 Å². The SMILES string of the molecule is CCN(CCN1CCCCCC1)C(=O)c1cccc(-c2cccc(=O)[nH]2)c1. The monoisotopic (exact) mass is 367 g/mol. The lowest BCUT2D eigenvalue weighted by Gasteiger charge is -2.26. The molecule has 1 N–H and O–H groups in total. The van der Waals surface area contributed by atoms with Gasteiger partial charge in [0.15, 0.2) is 0 Å². The summed E-state index contributed by atoms with van der Waals surface area (Å²) < 4.78 is 0. The van der Waals surface area contributed by atoms with Crippen molar-refractivity contribution in [2.75, 3.05) is 32.7 Å². The van der Waals surface area contributed by atoms with Gasteiger partial charge in [-0.3, -0.25) is 9.59 Å². The van der Waals surface area contributed by atoms with E-state index in [9.17, 15) is 9.59 Å². The van der Waals surface area contributed by atoms with Gasteiger partial charge in [0, 0.05) is 37.0 Å². The van der Waals surface area contributed by atoms with E-state index >= 15 is 0 Å². The minimum absolute atomic E-state index is 0.0486. The number of benzene rings is 1. The molecule has 1 fully saturated rings. The predicted octanol–water partition coefficient (Wildman–Crippen LogP) is 3.38. The van der Waals surface area contributed by atoms with E-state index < -0.39 is 0 Å². The number of pyridine rings is 1. The van der Waals surface area contributed by atoms with Crippen molar-refractivity contribution in [3.05, 3.63) is 58.4 Å². The molecule has 144 valence electrons. The molecule has 1 aromatic carbocycles. The Kier molecular flexibility index (Phi) is 6.82. The number of nitrogens with zero attached hydrogens (tertiary/aromatic N) is 2. The van der Waals surface area contributed by atoms with Crippen LogP contribution in [0.25, 0.3) is 11.3 Å². The van der Waals surface area contributed by atoms with Gasteiger partial charge in [0.05, 0.1) is 0 Å². The molecule has 0 radical (unpaired) electrons. The summed E-state index contributed by atoms with van der Waals surface area (Å²) in [6.45, 7) is 6.69. The molecular formula is C22H29N3O2. The average Bonchev–Trinajstić information content (AvgIpc) is 2.97. The first-order valence-corrected chi connectivity index (χ1v) is 9.99. The first-order chi connectivity index (χ1) is 13.2. The second-order valence-corrected chi connectivity index (χ2v) is 7.15. The Bertz CT molecular complexity index is 807. The van der Waals surface area contributed by atoms with Crippen LogP contribution < -0.4 is 5.56 Å². The molecule has 3 rings (SSSR count). The molecule has 0 bridgehead atoms. The Morgan fingerprint density at radius 1 is 1.07 bits per heavy atom. The molecule has 0 unspecified atom stereocenters. The molecule has 0 atom stereocenters. The average molecular weight is 367 g/mol. The zero-order chi connectivity index (χ0) is 19.1. The number of hydrogen-bond acceptors (Lipinski definition) is 3. The van der Waals surface area contributed by atoms with Gasteiger partial charge in [-0.2, -0.15) is 0 Å². The zero-order valence-electron chi connectivity index (χ0n) is 16.1. The number of aromatic amines is 1. The fourth-order valence-electron chi connectivity index (χ4n) is 3.64. The Hall–Kier alpha value is -2.40. The maximum atomic E-state index is 13.0. The summed E-state index contributed by atoms with van der Waals surface area (Å²) in [7, 11) is 0. The van der Waals surface area contributed by atoms with E-state index in [1.165, 1.54) is 31.7 Å². The Labute approximate surface area is 161 Å². The summed E-state index contributed by atoms with van der Waals surface area (Å²) in [5.41, 5.74) is 2.10. The van der Waals surface area contributed by atoms with E-state index in [1.807, 2.05) is 42.2 Å². The highest BCUT2D eigenvalue weighted by Gasteiger charge is 2.17. The van der Waals surface area contributed by atoms with Gasteiger partial charge in [-0.05, 0) is 56.6 Å².